The van der Waals surface area contributed by atoms with Gasteiger partial charge in [0.15, 0.2) is 0 Å². The largest absolute Gasteiger partial charge is 0.378 e. The van der Waals surface area contributed by atoms with E-state index in [0.29, 0.717) is 12.1 Å². The second-order valence-electron chi connectivity index (χ2n) is 4.77. The molecule has 0 spiro atoms. The first-order valence-electron chi connectivity index (χ1n) is 6.56. The van der Waals surface area contributed by atoms with Gasteiger partial charge in [-0.3, -0.25) is 4.98 Å². The predicted octanol–water partition coefficient (Wildman–Crippen LogP) is 2.17. The van der Waals surface area contributed by atoms with E-state index in [9.17, 15) is 0 Å². The molecule has 1 saturated heterocycles. The molecule has 1 aromatic heterocycles. The average Bonchev–Trinajstić information content (AvgIpc) is 2.40. The zero-order chi connectivity index (χ0) is 11.9. The van der Waals surface area contributed by atoms with E-state index in [2.05, 4.69) is 22.4 Å². The van der Waals surface area contributed by atoms with E-state index in [4.69, 9.17) is 4.74 Å². The van der Waals surface area contributed by atoms with Crippen molar-refractivity contribution in [3.8, 4) is 0 Å². The quantitative estimate of drug-likeness (QED) is 0.848. The second kappa shape index (κ2) is 6.72. The van der Waals surface area contributed by atoms with Gasteiger partial charge in [0.25, 0.3) is 0 Å². The fourth-order valence-corrected chi connectivity index (χ4v) is 2.42. The third kappa shape index (κ3) is 4.10. The molecule has 1 fully saturated rings. The van der Waals surface area contributed by atoms with E-state index in [1.54, 1.807) is 0 Å². The molecule has 1 aromatic rings. The Bertz CT molecular complexity index is 309. The summed E-state index contributed by atoms with van der Waals surface area (Å²) in [6.45, 7) is 0.941. The first-order valence-corrected chi connectivity index (χ1v) is 6.56. The molecule has 2 atom stereocenters. The van der Waals surface area contributed by atoms with Gasteiger partial charge < -0.3 is 10.1 Å². The van der Waals surface area contributed by atoms with E-state index in [-0.39, 0.29) is 0 Å². The Morgan fingerprint density at radius 2 is 2.24 bits per heavy atom. The molecule has 17 heavy (non-hydrogen) atoms. The maximum atomic E-state index is 5.80. The molecule has 0 aromatic carbocycles. The van der Waals surface area contributed by atoms with Crippen LogP contribution in [0.4, 0.5) is 0 Å². The van der Waals surface area contributed by atoms with Gasteiger partial charge in [-0.25, -0.2) is 0 Å². The first-order chi connectivity index (χ1) is 8.38. The molecule has 1 aliphatic heterocycles. The second-order valence-corrected chi connectivity index (χ2v) is 4.77. The average molecular weight is 234 g/mol. The Balaban J connectivity index is 1.83. The van der Waals surface area contributed by atoms with Gasteiger partial charge in [-0.05, 0) is 56.8 Å². The highest BCUT2D eigenvalue weighted by Gasteiger charge is 2.18. The van der Waals surface area contributed by atoms with Crippen LogP contribution in [0.3, 0.4) is 0 Å². The van der Waals surface area contributed by atoms with Crippen molar-refractivity contribution in [3.05, 3.63) is 30.1 Å². The van der Waals surface area contributed by atoms with Crippen molar-refractivity contribution in [2.45, 2.75) is 44.2 Å². The van der Waals surface area contributed by atoms with Crippen molar-refractivity contribution in [2.75, 3.05) is 13.7 Å². The Kier molecular flexibility index (Phi) is 4.95. The Morgan fingerprint density at radius 3 is 2.88 bits per heavy atom. The number of ether oxygens (including phenoxy) is 1. The smallest absolute Gasteiger partial charge is 0.0590 e. The molecule has 2 heterocycles. The fourth-order valence-electron chi connectivity index (χ4n) is 2.42. The summed E-state index contributed by atoms with van der Waals surface area (Å²) in [6, 6.07) is 4.68. The molecular weight excluding hydrogens is 212 g/mol. The molecule has 0 bridgehead atoms. The maximum absolute atomic E-state index is 5.80. The molecule has 0 aliphatic carbocycles. The van der Waals surface area contributed by atoms with Gasteiger partial charge in [0.2, 0.25) is 0 Å². The summed E-state index contributed by atoms with van der Waals surface area (Å²) in [7, 11) is 2.04. The van der Waals surface area contributed by atoms with Crippen LogP contribution in [0.25, 0.3) is 0 Å². The molecule has 1 aliphatic rings. The van der Waals surface area contributed by atoms with E-state index < -0.39 is 0 Å². The third-order valence-electron chi connectivity index (χ3n) is 3.46. The summed E-state index contributed by atoms with van der Waals surface area (Å²) >= 11 is 0. The Hall–Kier alpha value is -0.930. The van der Waals surface area contributed by atoms with Crippen molar-refractivity contribution < 1.29 is 4.74 Å². The Morgan fingerprint density at radius 1 is 1.41 bits per heavy atom. The van der Waals surface area contributed by atoms with Gasteiger partial charge >= 0.3 is 0 Å². The summed E-state index contributed by atoms with van der Waals surface area (Å²) in [5.41, 5.74) is 1.34. The minimum atomic E-state index is 0.447. The lowest BCUT2D eigenvalue weighted by Crippen LogP contribution is -2.34. The number of aromatic nitrogens is 1. The lowest BCUT2D eigenvalue weighted by molar-refractivity contribution is 0.00569. The number of nitrogens with zero attached hydrogens (tertiary/aromatic N) is 1. The highest BCUT2D eigenvalue weighted by molar-refractivity contribution is 5.11. The zero-order valence-corrected chi connectivity index (χ0v) is 10.6. The van der Waals surface area contributed by atoms with Crippen molar-refractivity contribution in [2.24, 2.45) is 0 Å². The van der Waals surface area contributed by atoms with Crippen LogP contribution in [-0.2, 0) is 11.2 Å². The molecule has 0 radical (unpaired) electrons. The lowest BCUT2D eigenvalue weighted by Gasteiger charge is -2.26. The topological polar surface area (TPSA) is 34.2 Å². The summed E-state index contributed by atoms with van der Waals surface area (Å²) in [4.78, 5) is 4.05. The molecule has 0 amide bonds. The summed E-state index contributed by atoms with van der Waals surface area (Å²) in [5, 5.41) is 3.40. The number of pyridine rings is 1. The fraction of sp³-hybridized carbons (Fsp3) is 0.643. The minimum Gasteiger partial charge on any atom is -0.378 e. The van der Waals surface area contributed by atoms with Crippen LogP contribution in [0.1, 0.15) is 31.2 Å². The van der Waals surface area contributed by atoms with Crippen molar-refractivity contribution in [1.29, 1.82) is 0 Å². The van der Waals surface area contributed by atoms with Crippen molar-refractivity contribution >= 4 is 0 Å². The number of rotatable bonds is 5. The zero-order valence-electron chi connectivity index (χ0n) is 10.6. The number of nitrogens with one attached hydrogen (secondary N) is 1. The molecule has 2 rings (SSSR count). The first kappa shape index (κ1) is 12.5. The molecule has 3 heteroatoms. The van der Waals surface area contributed by atoms with Crippen LogP contribution in [-0.4, -0.2) is 30.8 Å². The third-order valence-corrected chi connectivity index (χ3v) is 3.46. The Labute approximate surface area is 104 Å². The highest BCUT2D eigenvalue weighted by Crippen LogP contribution is 2.18. The van der Waals surface area contributed by atoms with Gasteiger partial charge in [-0.2, -0.15) is 0 Å². The van der Waals surface area contributed by atoms with Gasteiger partial charge in [-0.1, -0.05) is 0 Å². The monoisotopic (exact) mass is 234 g/mol. The van der Waals surface area contributed by atoms with Crippen LogP contribution in [0, 0.1) is 0 Å². The lowest BCUT2D eigenvalue weighted by atomic mass is 9.97. The molecule has 0 saturated carbocycles. The van der Waals surface area contributed by atoms with E-state index in [1.165, 1.54) is 24.8 Å². The molecule has 1 N–H and O–H groups in total. The maximum Gasteiger partial charge on any atom is 0.0590 e. The normalized spacial score (nSPS) is 22.3. The van der Waals surface area contributed by atoms with E-state index in [0.717, 1.165) is 19.4 Å². The van der Waals surface area contributed by atoms with Gasteiger partial charge in [0, 0.05) is 25.0 Å². The number of likely N-dealkylation sites (N-methyl/N-ethyl adjacent to an activating group) is 1. The summed E-state index contributed by atoms with van der Waals surface area (Å²) in [5.74, 6) is 0. The predicted molar refractivity (Wildman–Crippen MR) is 69.0 cm³/mol. The van der Waals surface area contributed by atoms with Crippen LogP contribution >= 0.6 is 0 Å². The van der Waals surface area contributed by atoms with Crippen LogP contribution in [0.15, 0.2) is 24.5 Å². The standard InChI is InChI=1S/C14H22N2O/c1-15-13(10-12-5-7-16-8-6-12)11-14-4-2-3-9-17-14/h5-8,13-15H,2-4,9-11H2,1H3. The minimum absolute atomic E-state index is 0.447. The van der Waals surface area contributed by atoms with Crippen LogP contribution in [0.2, 0.25) is 0 Å². The van der Waals surface area contributed by atoms with Gasteiger partial charge in [0.05, 0.1) is 6.10 Å². The highest BCUT2D eigenvalue weighted by atomic mass is 16.5. The van der Waals surface area contributed by atoms with Crippen LogP contribution < -0.4 is 5.32 Å². The summed E-state index contributed by atoms with van der Waals surface area (Å²) in [6.07, 6.45) is 10.1. The van der Waals surface area contributed by atoms with Gasteiger partial charge in [0.1, 0.15) is 0 Å². The van der Waals surface area contributed by atoms with Gasteiger partial charge in [-0.15, -0.1) is 0 Å². The number of hydrogen-bond acceptors (Lipinski definition) is 3. The molecule has 2 unspecified atom stereocenters. The molecule has 3 nitrogen and oxygen atoms in total. The van der Waals surface area contributed by atoms with Crippen LogP contribution in [0.5, 0.6) is 0 Å². The SMILES string of the molecule is CNC(Cc1ccncc1)CC1CCCCO1. The van der Waals surface area contributed by atoms with Crippen molar-refractivity contribution in [1.82, 2.24) is 10.3 Å². The van der Waals surface area contributed by atoms with E-state index in [1.807, 2.05) is 19.4 Å². The summed E-state index contributed by atoms with van der Waals surface area (Å²) < 4.78 is 5.80. The van der Waals surface area contributed by atoms with Crippen molar-refractivity contribution in [3.63, 3.8) is 0 Å². The molecule has 94 valence electrons. The van der Waals surface area contributed by atoms with E-state index >= 15 is 0 Å². The molecular formula is C14H22N2O. The number of hydrogen-bond donors (Lipinski definition) is 1.